The van der Waals surface area contributed by atoms with Crippen molar-refractivity contribution in [3.8, 4) is 0 Å². The molecule has 3 aromatic carbocycles. The zero-order valence-electron chi connectivity index (χ0n) is 20.4. The molecule has 0 N–H and O–H groups in total. The molecule has 1 unspecified atom stereocenters. The van der Waals surface area contributed by atoms with Gasteiger partial charge in [0.25, 0.3) is 11.8 Å². The van der Waals surface area contributed by atoms with Gasteiger partial charge in [0.05, 0.1) is 13.2 Å². The molecule has 1 aliphatic rings. The van der Waals surface area contributed by atoms with Gasteiger partial charge >= 0.3 is 5.97 Å². The van der Waals surface area contributed by atoms with Crippen molar-refractivity contribution in [2.45, 2.75) is 11.4 Å². The first-order valence-corrected chi connectivity index (χ1v) is 12.6. The summed E-state index contributed by atoms with van der Waals surface area (Å²) in [4.78, 5) is 41.1. The maximum Gasteiger partial charge on any atom is 0.325 e. The van der Waals surface area contributed by atoms with E-state index in [0.717, 1.165) is 12.7 Å². The van der Waals surface area contributed by atoms with Crippen LogP contribution >= 0.6 is 11.8 Å². The van der Waals surface area contributed by atoms with Crippen molar-refractivity contribution in [2.24, 2.45) is 0 Å². The maximum absolute atomic E-state index is 14.5. The first-order valence-electron chi connectivity index (χ1n) is 11.6. The number of carbonyl (C=O) groups excluding carboxylic acids is 3. The minimum Gasteiger partial charge on any atom is -0.468 e. The fraction of sp³-hybridized carbons (Fsp3) is 0.222. The Bertz CT molecular complexity index is 1360. The number of rotatable bonds is 7. The summed E-state index contributed by atoms with van der Waals surface area (Å²) < 4.78 is 74.9. The van der Waals surface area contributed by atoms with E-state index in [1.807, 2.05) is 0 Å². The molecule has 1 heterocycles. The summed E-state index contributed by atoms with van der Waals surface area (Å²) in [5.41, 5.74) is -0.613. The molecule has 2 amide bonds. The SMILES string of the molecule is COC(=O)CN(C[C@@H]1CSC(c2ccccc2)N1C(=O)c1ccccc1)C(=O)c1c(F)c(F)c(F)c(F)c1F. The molecule has 0 radical (unpaired) electrons. The molecule has 12 heteroatoms. The lowest BCUT2D eigenvalue weighted by Crippen LogP contribution is -2.49. The van der Waals surface area contributed by atoms with Crippen molar-refractivity contribution in [1.82, 2.24) is 9.80 Å². The average Bonchev–Trinajstić information content (AvgIpc) is 3.38. The van der Waals surface area contributed by atoms with E-state index in [2.05, 4.69) is 4.74 Å². The Hall–Kier alpha value is -3.93. The average molecular weight is 565 g/mol. The minimum absolute atomic E-state index is 0.236. The van der Waals surface area contributed by atoms with E-state index in [0.29, 0.717) is 10.5 Å². The monoisotopic (exact) mass is 564 g/mol. The van der Waals surface area contributed by atoms with Gasteiger partial charge in [-0.3, -0.25) is 14.4 Å². The second kappa shape index (κ2) is 11.9. The van der Waals surface area contributed by atoms with Crippen LogP contribution in [0.1, 0.15) is 31.7 Å². The topological polar surface area (TPSA) is 66.9 Å². The Labute approximate surface area is 224 Å². The summed E-state index contributed by atoms with van der Waals surface area (Å²) in [7, 11) is 1.01. The molecule has 0 aliphatic carbocycles. The van der Waals surface area contributed by atoms with Gasteiger partial charge in [0.2, 0.25) is 5.82 Å². The highest BCUT2D eigenvalue weighted by molar-refractivity contribution is 7.99. The lowest BCUT2D eigenvalue weighted by atomic mass is 10.1. The van der Waals surface area contributed by atoms with Crippen LogP contribution in [0.2, 0.25) is 0 Å². The number of thioether (sulfide) groups is 1. The van der Waals surface area contributed by atoms with Crippen molar-refractivity contribution in [3.05, 3.63) is 106 Å². The van der Waals surface area contributed by atoms with E-state index in [9.17, 15) is 36.3 Å². The van der Waals surface area contributed by atoms with Gasteiger partial charge in [-0.15, -0.1) is 11.8 Å². The maximum atomic E-state index is 14.5. The minimum atomic E-state index is -2.42. The highest BCUT2D eigenvalue weighted by atomic mass is 32.2. The molecule has 0 saturated carbocycles. The second-order valence-corrected chi connectivity index (χ2v) is 9.65. The molecule has 2 atom stereocenters. The van der Waals surface area contributed by atoms with Gasteiger partial charge < -0.3 is 14.5 Å². The summed E-state index contributed by atoms with van der Waals surface area (Å²) in [5.74, 6) is -14.5. The van der Waals surface area contributed by atoms with Gasteiger partial charge in [0.1, 0.15) is 17.5 Å². The van der Waals surface area contributed by atoms with E-state index in [1.54, 1.807) is 60.7 Å². The van der Waals surface area contributed by atoms with Gasteiger partial charge in [-0.2, -0.15) is 0 Å². The molecular weight excluding hydrogens is 543 g/mol. The van der Waals surface area contributed by atoms with Crippen LogP contribution in [0.4, 0.5) is 22.0 Å². The third-order valence-electron chi connectivity index (χ3n) is 6.12. The fourth-order valence-corrected chi connectivity index (χ4v) is 5.66. The van der Waals surface area contributed by atoms with Crippen molar-refractivity contribution in [2.75, 3.05) is 26.0 Å². The Morgan fingerprint density at radius 3 is 1.97 bits per heavy atom. The van der Waals surface area contributed by atoms with Crippen LogP contribution in [0.25, 0.3) is 0 Å². The number of hydrogen-bond acceptors (Lipinski definition) is 5. The molecule has 1 fully saturated rings. The number of methoxy groups -OCH3 is 1. The first-order chi connectivity index (χ1) is 18.6. The lowest BCUT2D eigenvalue weighted by Gasteiger charge is -2.33. The fourth-order valence-electron chi connectivity index (χ4n) is 4.22. The Morgan fingerprint density at radius 1 is 0.872 bits per heavy atom. The first kappa shape index (κ1) is 28.1. The number of amides is 2. The lowest BCUT2D eigenvalue weighted by molar-refractivity contribution is -0.141. The molecule has 6 nitrogen and oxygen atoms in total. The number of nitrogens with zero attached hydrogens (tertiary/aromatic N) is 2. The van der Waals surface area contributed by atoms with Gasteiger partial charge in [0, 0.05) is 17.9 Å². The van der Waals surface area contributed by atoms with Crippen molar-refractivity contribution in [3.63, 3.8) is 0 Å². The summed E-state index contributed by atoms with van der Waals surface area (Å²) >= 11 is 1.36. The van der Waals surface area contributed by atoms with Crippen molar-refractivity contribution in [1.29, 1.82) is 0 Å². The van der Waals surface area contributed by atoms with Crippen LogP contribution in [-0.2, 0) is 9.53 Å². The molecule has 3 aromatic rings. The predicted octanol–water partition coefficient (Wildman–Crippen LogP) is 4.95. The van der Waals surface area contributed by atoms with Gasteiger partial charge in [0.15, 0.2) is 23.3 Å². The van der Waals surface area contributed by atoms with E-state index in [-0.39, 0.29) is 5.75 Å². The molecule has 4 rings (SSSR count). The predicted molar refractivity (Wildman–Crippen MR) is 132 cm³/mol. The molecule has 0 bridgehead atoms. The summed E-state index contributed by atoms with van der Waals surface area (Å²) in [6.45, 7) is -1.32. The Kier molecular flexibility index (Phi) is 8.54. The highest BCUT2D eigenvalue weighted by Gasteiger charge is 2.41. The Morgan fingerprint density at radius 2 is 1.41 bits per heavy atom. The Balaban J connectivity index is 1.74. The number of carbonyl (C=O) groups is 3. The standard InChI is InChI=1S/C27H21F5N2O4S/c1-38-18(35)13-33(26(37)19-20(28)22(30)24(32)23(31)21(19)29)12-17-14-39-27(16-10-6-3-7-11-16)34(17)25(36)15-8-4-2-5-9-15/h2-11,17,27H,12-14H2,1H3/t17-,27?/m1/s1. The number of esters is 1. The number of benzene rings is 3. The zero-order chi connectivity index (χ0) is 28.3. The molecule has 0 aromatic heterocycles. The van der Waals surface area contributed by atoms with Crippen LogP contribution in [0.3, 0.4) is 0 Å². The van der Waals surface area contributed by atoms with E-state index in [4.69, 9.17) is 0 Å². The third kappa shape index (κ3) is 5.60. The number of halogens is 5. The van der Waals surface area contributed by atoms with Crippen LogP contribution in [0.5, 0.6) is 0 Å². The van der Waals surface area contributed by atoms with Crippen molar-refractivity contribution >= 4 is 29.5 Å². The van der Waals surface area contributed by atoms with E-state index < -0.39 is 76.9 Å². The normalized spacial score (nSPS) is 16.7. The highest BCUT2D eigenvalue weighted by Crippen LogP contribution is 2.42. The van der Waals surface area contributed by atoms with Crippen LogP contribution in [-0.4, -0.2) is 59.6 Å². The molecule has 39 heavy (non-hydrogen) atoms. The number of hydrogen-bond donors (Lipinski definition) is 0. The quantitative estimate of drug-likeness (QED) is 0.176. The molecule has 1 saturated heterocycles. The largest absolute Gasteiger partial charge is 0.468 e. The molecule has 1 aliphatic heterocycles. The third-order valence-corrected chi connectivity index (χ3v) is 7.51. The van der Waals surface area contributed by atoms with E-state index >= 15 is 0 Å². The molecule has 204 valence electrons. The summed E-state index contributed by atoms with van der Waals surface area (Å²) in [6, 6.07) is 16.4. The van der Waals surface area contributed by atoms with Gasteiger partial charge in [-0.1, -0.05) is 48.5 Å². The molecule has 0 spiro atoms. The van der Waals surface area contributed by atoms with Crippen molar-refractivity contribution < 1.29 is 41.1 Å². The van der Waals surface area contributed by atoms with Gasteiger partial charge in [-0.05, 0) is 17.7 Å². The molecular formula is C27H21F5N2O4S. The second-order valence-electron chi connectivity index (χ2n) is 8.54. The van der Waals surface area contributed by atoms with Crippen LogP contribution < -0.4 is 0 Å². The summed E-state index contributed by atoms with van der Waals surface area (Å²) in [5, 5.41) is -0.520. The number of ether oxygens (including phenoxy) is 1. The van der Waals surface area contributed by atoms with Gasteiger partial charge in [-0.25, -0.2) is 22.0 Å². The zero-order valence-corrected chi connectivity index (χ0v) is 21.2. The van der Waals surface area contributed by atoms with E-state index in [1.165, 1.54) is 16.7 Å². The van der Waals surface area contributed by atoms with Crippen LogP contribution in [0, 0.1) is 29.1 Å². The smallest absolute Gasteiger partial charge is 0.325 e. The summed E-state index contributed by atoms with van der Waals surface area (Å²) in [6.07, 6.45) is 0. The van der Waals surface area contributed by atoms with Crippen LogP contribution in [0.15, 0.2) is 60.7 Å².